The molecule has 0 heterocycles. The van der Waals surface area contributed by atoms with Gasteiger partial charge >= 0.3 is 5.69 Å². The van der Waals surface area contributed by atoms with Gasteiger partial charge in [0.15, 0.2) is 0 Å². The maximum atomic E-state index is 13.9. The number of hydrogen-bond donors (Lipinski definition) is 0. The first-order valence-electron chi connectivity index (χ1n) is 5.59. The smallest absolute Gasteiger partial charge is 0.305 e. The highest BCUT2D eigenvalue weighted by atomic mass is 79.9. The number of halogens is 4. The molecule has 2 aromatic rings. The molecule has 0 amide bonds. The summed E-state index contributed by atoms with van der Waals surface area (Å²) in [5.41, 5.74) is -0.546. The van der Waals surface area contributed by atoms with Crippen LogP contribution in [0.2, 0.25) is 10.0 Å². The molecule has 21 heavy (non-hydrogen) atoms. The van der Waals surface area contributed by atoms with Crippen LogP contribution in [0.3, 0.4) is 0 Å². The SMILES string of the molecule is O=[N+]([O-])c1cccc(COc2cc(Cl)c(Br)cc2Cl)c1F. The van der Waals surface area contributed by atoms with E-state index in [0.717, 1.165) is 6.07 Å². The van der Waals surface area contributed by atoms with Crippen molar-refractivity contribution in [2.45, 2.75) is 6.61 Å². The van der Waals surface area contributed by atoms with Crippen LogP contribution >= 0.6 is 39.1 Å². The summed E-state index contributed by atoms with van der Waals surface area (Å²) in [6.45, 7) is -0.203. The zero-order valence-corrected chi connectivity index (χ0v) is 13.4. The second kappa shape index (κ2) is 6.60. The molecular formula is C13H7BrCl2FNO3. The van der Waals surface area contributed by atoms with Crippen LogP contribution in [0.15, 0.2) is 34.8 Å². The van der Waals surface area contributed by atoms with Crippen molar-refractivity contribution < 1.29 is 14.1 Å². The van der Waals surface area contributed by atoms with Crippen LogP contribution in [0, 0.1) is 15.9 Å². The van der Waals surface area contributed by atoms with Crippen molar-refractivity contribution in [1.82, 2.24) is 0 Å². The largest absolute Gasteiger partial charge is 0.487 e. The van der Waals surface area contributed by atoms with Crippen LogP contribution in [-0.4, -0.2) is 4.92 Å². The van der Waals surface area contributed by atoms with Gasteiger partial charge in [-0.1, -0.05) is 35.3 Å². The minimum absolute atomic E-state index is 0.0549. The van der Waals surface area contributed by atoms with E-state index in [-0.39, 0.29) is 22.9 Å². The Bertz CT molecular complexity index is 712. The van der Waals surface area contributed by atoms with Crippen LogP contribution in [0.25, 0.3) is 0 Å². The number of rotatable bonds is 4. The number of nitrogens with zero attached hydrogens (tertiary/aromatic N) is 1. The Morgan fingerprint density at radius 1 is 1.29 bits per heavy atom. The first-order chi connectivity index (χ1) is 9.90. The molecule has 2 rings (SSSR count). The molecule has 0 atom stereocenters. The molecule has 110 valence electrons. The maximum Gasteiger partial charge on any atom is 0.305 e. The van der Waals surface area contributed by atoms with E-state index >= 15 is 0 Å². The third kappa shape index (κ3) is 3.64. The molecule has 0 saturated carbocycles. The maximum absolute atomic E-state index is 13.9. The summed E-state index contributed by atoms with van der Waals surface area (Å²) in [5, 5.41) is 11.3. The second-order valence-electron chi connectivity index (χ2n) is 3.99. The van der Waals surface area contributed by atoms with Crippen LogP contribution in [0.1, 0.15) is 5.56 Å². The van der Waals surface area contributed by atoms with Gasteiger partial charge in [0.1, 0.15) is 12.4 Å². The van der Waals surface area contributed by atoms with Crippen molar-refractivity contribution >= 4 is 44.8 Å². The first kappa shape index (κ1) is 16.0. The average Bonchev–Trinajstić information content (AvgIpc) is 2.42. The van der Waals surface area contributed by atoms with Crippen LogP contribution < -0.4 is 4.74 Å². The first-order valence-corrected chi connectivity index (χ1v) is 7.14. The molecule has 0 aliphatic heterocycles. The van der Waals surface area contributed by atoms with Gasteiger partial charge in [0.25, 0.3) is 0 Å². The van der Waals surface area contributed by atoms with Gasteiger partial charge in [0, 0.05) is 22.2 Å². The molecule has 0 radical (unpaired) electrons. The van der Waals surface area contributed by atoms with Gasteiger partial charge in [-0.2, -0.15) is 4.39 Å². The number of ether oxygens (including phenoxy) is 1. The molecule has 0 bridgehead atoms. The lowest BCUT2D eigenvalue weighted by molar-refractivity contribution is -0.387. The minimum atomic E-state index is -0.929. The van der Waals surface area contributed by atoms with Crippen LogP contribution in [0.4, 0.5) is 10.1 Å². The Labute approximate surface area is 137 Å². The molecule has 0 saturated heterocycles. The summed E-state index contributed by atoms with van der Waals surface area (Å²) in [7, 11) is 0. The van der Waals surface area contributed by atoms with Gasteiger partial charge in [-0.3, -0.25) is 10.1 Å². The van der Waals surface area contributed by atoms with E-state index in [1.807, 2.05) is 0 Å². The summed E-state index contributed by atoms with van der Waals surface area (Å²) < 4.78 is 19.9. The molecule has 8 heteroatoms. The quantitative estimate of drug-likeness (QED) is 0.397. The fourth-order valence-corrected chi connectivity index (χ4v) is 2.44. The molecule has 0 N–H and O–H groups in total. The summed E-state index contributed by atoms with van der Waals surface area (Å²) in [5.74, 6) is -0.669. The fourth-order valence-electron chi connectivity index (χ4n) is 1.59. The third-order valence-corrected chi connectivity index (χ3v) is 4.11. The molecule has 0 aliphatic carbocycles. The van der Waals surface area contributed by atoms with Crippen LogP contribution in [-0.2, 0) is 6.61 Å². The minimum Gasteiger partial charge on any atom is -0.487 e. The van der Waals surface area contributed by atoms with E-state index < -0.39 is 16.4 Å². The number of benzene rings is 2. The molecule has 0 aromatic heterocycles. The van der Waals surface area contributed by atoms with Crippen molar-refractivity contribution in [2.24, 2.45) is 0 Å². The van der Waals surface area contributed by atoms with E-state index in [1.165, 1.54) is 18.2 Å². The normalized spacial score (nSPS) is 10.5. The highest BCUT2D eigenvalue weighted by molar-refractivity contribution is 9.10. The Hall–Kier alpha value is -1.37. The van der Waals surface area contributed by atoms with Crippen molar-refractivity contribution in [2.75, 3.05) is 0 Å². The van der Waals surface area contributed by atoms with E-state index in [0.29, 0.717) is 9.50 Å². The van der Waals surface area contributed by atoms with Gasteiger partial charge in [0.2, 0.25) is 5.82 Å². The highest BCUT2D eigenvalue weighted by Crippen LogP contribution is 2.34. The Morgan fingerprint density at radius 2 is 2.00 bits per heavy atom. The van der Waals surface area contributed by atoms with E-state index in [4.69, 9.17) is 27.9 Å². The van der Waals surface area contributed by atoms with Crippen molar-refractivity contribution in [1.29, 1.82) is 0 Å². The van der Waals surface area contributed by atoms with Crippen molar-refractivity contribution in [3.8, 4) is 5.75 Å². The highest BCUT2D eigenvalue weighted by Gasteiger charge is 2.18. The number of nitro benzene ring substituents is 1. The average molecular weight is 395 g/mol. The van der Waals surface area contributed by atoms with E-state index in [1.54, 1.807) is 6.07 Å². The summed E-state index contributed by atoms with van der Waals surface area (Å²) >= 11 is 15.1. The van der Waals surface area contributed by atoms with Gasteiger partial charge in [-0.25, -0.2) is 0 Å². The van der Waals surface area contributed by atoms with Crippen LogP contribution in [0.5, 0.6) is 5.75 Å². The molecule has 0 spiro atoms. The Morgan fingerprint density at radius 3 is 2.67 bits per heavy atom. The standard InChI is InChI=1S/C13H7BrCl2FNO3/c14-8-4-10(16)12(5-9(8)15)21-6-7-2-1-3-11(13(7)17)18(19)20/h1-5H,6H2. The Kier molecular flexibility index (Phi) is 5.03. The third-order valence-electron chi connectivity index (χ3n) is 2.61. The van der Waals surface area contributed by atoms with Crippen molar-refractivity contribution in [3.63, 3.8) is 0 Å². The van der Waals surface area contributed by atoms with Crippen molar-refractivity contribution in [3.05, 3.63) is 66.3 Å². The lowest BCUT2D eigenvalue weighted by atomic mass is 10.2. The number of hydrogen-bond acceptors (Lipinski definition) is 3. The molecule has 0 aliphatic rings. The molecule has 0 unspecified atom stereocenters. The van der Waals surface area contributed by atoms with Gasteiger partial charge < -0.3 is 4.74 Å². The predicted octanol–water partition coefficient (Wildman–Crippen LogP) is 5.38. The van der Waals surface area contributed by atoms with Gasteiger partial charge in [0.05, 0.1) is 15.0 Å². The zero-order valence-electron chi connectivity index (χ0n) is 10.3. The van der Waals surface area contributed by atoms with E-state index in [9.17, 15) is 14.5 Å². The topological polar surface area (TPSA) is 52.4 Å². The molecular weight excluding hydrogens is 388 g/mol. The summed E-state index contributed by atoms with van der Waals surface area (Å²) in [6.07, 6.45) is 0. The summed E-state index contributed by atoms with van der Waals surface area (Å²) in [4.78, 5) is 9.88. The fraction of sp³-hybridized carbons (Fsp3) is 0.0769. The Balaban J connectivity index is 2.23. The molecule has 4 nitrogen and oxygen atoms in total. The number of nitro groups is 1. The molecule has 2 aromatic carbocycles. The monoisotopic (exact) mass is 393 g/mol. The van der Waals surface area contributed by atoms with Gasteiger partial charge in [-0.05, 0) is 22.0 Å². The van der Waals surface area contributed by atoms with E-state index in [2.05, 4.69) is 15.9 Å². The van der Waals surface area contributed by atoms with Gasteiger partial charge in [-0.15, -0.1) is 0 Å². The summed E-state index contributed by atoms with van der Waals surface area (Å²) in [6, 6.07) is 6.89. The second-order valence-corrected chi connectivity index (χ2v) is 5.66. The zero-order chi connectivity index (χ0) is 15.6. The lowest BCUT2D eigenvalue weighted by Crippen LogP contribution is -2.02. The molecule has 0 fully saturated rings. The lowest BCUT2D eigenvalue weighted by Gasteiger charge is -2.10. The predicted molar refractivity (Wildman–Crippen MR) is 81.5 cm³/mol.